The minimum absolute atomic E-state index is 0.267. The molecular formula is C28H44F3I. The van der Waals surface area contributed by atoms with Crippen LogP contribution in [0, 0.1) is 40.4 Å². The minimum Gasteiger partial charge on any atom is -0.171 e. The van der Waals surface area contributed by atoms with Crippen LogP contribution in [0.1, 0.15) is 98.8 Å². The summed E-state index contributed by atoms with van der Waals surface area (Å²) in [7, 11) is 0. The van der Waals surface area contributed by atoms with E-state index in [1.54, 1.807) is 5.57 Å². The van der Waals surface area contributed by atoms with Crippen LogP contribution in [-0.4, -0.2) is 10.1 Å². The van der Waals surface area contributed by atoms with Crippen LogP contribution < -0.4 is 0 Å². The number of hydrogen-bond acceptors (Lipinski definition) is 0. The van der Waals surface area contributed by atoms with Crippen LogP contribution in [-0.2, 0) is 0 Å². The van der Waals surface area contributed by atoms with E-state index in [-0.39, 0.29) is 6.42 Å². The average molecular weight is 565 g/mol. The zero-order chi connectivity index (χ0) is 23.7. The molecule has 0 aromatic heterocycles. The number of allylic oxidation sites excluding steroid dienone is 4. The molecule has 32 heavy (non-hydrogen) atoms. The molecule has 0 spiro atoms. The Bertz CT molecular complexity index is 683. The predicted octanol–water partition coefficient (Wildman–Crippen LogP) is 9.93. The van der Waals surface area contributed by atoms with Gasteiger partial charge in [-0.05, 0) is 91.4 Å². The van der Waals surface area contributed by atoms with Crippen molar-refractivity contribution in [1.82, 2.24) is 0 Å². The highest BCUT2D eigenvalue weighted by atomic mass is 127. The lowest BCUT2D eigenvalue weighted by atomic mass is 9.61. The molecule has 0 amide bonds. The minimum atomic E-state index is -4.05. The first-order valence-corrected chi connectivity index (χ1v) is 14.2. The average Bonchev–Trinajstić information content (AvgIpc) is 3.02. The summed E-state index contributed by atoms with van der Waals surface area (Å²) in [5.74, 6) is 1.37. The molecular weight excluding hydrogens is 520 g/mol. The highest BCUT2D eigenvalue weighted by Crippen LogP contribution is 2.59. The molecule has 2 fully saturated rings. The fourth-order valence-electron chi connectivity index (χ4n) is 7.51. The van der Waals surface area contributed by atoms with Crippen molar-refractivity contribution in [3.63, 3.8) is 0 Å². The fraction of sp³-hybridized carbons (Fsp3) is 0.857. The first-order chi connectivity index (χ1) is 14.8. The molecule has 2 saturated carbocycles. The molecule has 0 radical (unpaired) electrons. The molecule has 6 unspecified atom stereocenters. The van der Waals surface area contributed by atoms with E-state index in [0.29, 0.717) is 35.0 Å². The lowest BCUT2D eigenvalue weighted by molar-refractivity contribution is -0.171. The van der Waals surface area contributed by atoms with Gasteiger partial charge in [-0.15, -0.1) is 0 Å². The van der Waals surface area contributed by atoms with Gasteiger partial charge in [0.25, 0.3) is 0 Å². The molecule has 0 aliphatic heterocycles. The van der Waals surface area contributed by atoms with Crippen LogP contribution in [0.4, 0.5) is 13.2 Å². The maximum Gasteiger partial charge on any atom is 0.391 e. The molecule has 3 rings (SSSR count). The van der Waals surface area contributed by atoms with E-state index >= 15 is 0 Å². The highest BCUT2D eigenvalue weighted by molar-refractivity contribution is 14.1. The van der Waals surface area contributed by atoms with Crippen molar-refractivity contribution >= 4 is 22.6 Å². The van der Waals surface area contributed by atoms with Crippen molar-refractivity contribution < 1.29 is 13.2 Å². The van der Waals surface area contributed by atoms with Gasteiger partial charge in [-0.1, -0.05) is 88.3 Å². The van der Waals surface area contributed by atoms with Gasteiger partial charge in [0.1, 0.15) is 0 Å². The summed E-state index contributed by atoms with van der Waals surface area (Å²) in [5.41, 5.74) is 2.15. The Hall–Kier alpha value is -0.000000000000000111. The SMILES string of the molecule is CC(CCCC(C)C(F)(F)F)C1CCC2C(/C=C\C3(C)C[C@@H](C)C[C@H](I)C3)=CCCC21C. The number of alkyl halides is 4. The van der Waals surface area contributed by atoms with Gasteiger partial charge in [0.15, 0.2) is 0 Å². The van der Waals surface area contributed by atoms with E-state index in [1.807, 2.05) is 0 Å². The van der Waals surface area contributed by atoms with Gasteiger partial charge in [0.2, 0.25) is 0 Å². The van der Waals surface area contributed by atoms with Gasteiger partial charge < -0.3 is 0 Å². The number of fused-ring (bicyclic) bond motifs is 1. The van der Waals surface area contributed by atoms with Crippen LogP contribution in [0.15, 0.2) is 23.8 Å². The van der Waals surface area contributed by atoms with Gasteiger partial charge in [-0.3, -0.25) is 0 Å². The van der Waals surface area contributed by atoms with Crippen molar-refractivity contribution in [2.75, 3.05) is 0 Å². The number of rotatable bonds is 7. The van der Waals surface area contributed by atoms with E-state index in [1.165, 1.54) is 45.4 Å². The molecule has 3 aliphatic rings. The Kier molecular flexibility index (Phi) is 8.58. The van der Waals surface area contributed by atoms with E-state index < -0.39 is 12.1 Å². The second-order valence-corrected chi connectivity index (χ2v) is 13.9. The Morgan fingerprint density at radius 1 is 1.16 bits per heavy atom. The summed E-state index contributed by atoms with van der Waals surface area (Å²) in [5, 5.41) is 0. The Balaban J connectivity index is 1.62. The Morgan fingerprint density at radius 2 is 1.88 bits per heavy atom. The van der Waals surface area contributed by atoms with Crippen molar-refractivity contribution in [2.45, 2.75) is 109 Å². The van der Waals surface area contributed by atoms with Crippen LogP contribution in [0.2, 0.25) is 0 Å². The molecule has 0 heterocycles. The van der Waals surface area contributed by atoms with Crippen LogP contribution >= 0.6 is 22.6 Å². The second-order valence-electron chi connectivity index (χ2n) is 12.2. The Labute approximate surface area is 208 Å². The predicted molar refractivity (Wildman–Crippen MR) is 138 cm³/mol. The molecule has 0 aromatic rings. The first kappa shape index (κ1) is 26.6. The molecule has 8 atom stereocenters. The van der Waals surface area contributed by atoms with Crippen molar-refractivity contribution in [2.24, 2.45) is 40.4 Å². The molecule has 184 valence electrons. The van der Waals surface area contributed by atoms with E-state index in [4.69, 9.17) is 0 Å². The molecule has 0 aromatic carbocycles. The molecule has 0 bridgehead atoms. The molecule has 0 N–H and O–H groups in total. The van der Waals surface area contributed by atoms with Crippen LogP contribution in [0.3, 0.4) is 0 Å². The maximum absolute atomic E-state index is 12.9. The van der Waals surface area contributed by atoms with E-state index in [2.05, 4.69) is 68.5 Å². The zero-order valence-electron chi connectivity index (χ0n) is 20.8. The third-order valence-corrected chi connectivity index (χ3v) is 10.2. The van der Waals surface area contributed by atoms with Gasteiger partial charge in [0, 0.05) is 3.92 Å². The summed E-state index contributed by atoms with van der Waals surface area (Å²) < 4.78 is 39.4. The molecule has 4 heteroatoms. The third kappa shape index (κ3) is 6.16. The number of hydrogen-bond donors (Lipinski definition) is 0. The summed E-state index contributed by atoms with van der Waals surface area (Å²) in [6.45, 7) is 10.9. The van der Waals surface area contributed by atoms with Crippen molar-refractivity contribution in [1.29, 1.82) is 0 Å². The normalized spacial score (nSPS) is 40.2. The maximum atomic E-state index is 12.9. The van der Waals surface area contributed by atoms with E-state index in [0.717, 1.165) is 22.7 Å². The smallest absolute Gasteiger partial charge is 0.171 e. The van der Waals surface area contributed by atoms with Crippen molar-refractivity contribution in [3.05, 3.63) is 23.8 Å². The lowest BCUT2D eigenvalue weighted by Crippen LogP contribution is -2.35. The fourth-order valence-corrected chi connectivity index (χ4v) is 9.39. The molecule has 0 nitrogen and oxygen atoms in total. The largest absolute Gasteiger partial charge is 0.391 e. The highest BCUT2D eigenvalue weighted by Gasteiger charge is 2.50. The summed E-state index contributed by atoms with van der Waals surface area (Å²) >= 11 is 2.64. The van der Waals surface area contributed by atoms with Crippen molar-refractivity contribution in [3.8, 4) is 0 Å². The summed E-state index contributed by atoms with van der Waals surface area (Å²) in [6, 6.07) is 0. The molecule has 0 saturated heterocycles. The van der Waals surface area contributed by atoms with Gasteiger partial charge in [-0.25, -0.2) is 0 Å². The molecule has 3 aliphatic carbocycles. The zero-order valence-corrected chi connectivity index (χ0v) is 22.9. The lowest BCUT2D eigenvalue weighted by Gasteiger charge is -2.43. The third-order valence-electron chi connectivity index (χ3n) is 9.26. The summed E-state index contributed by atoms with van der Waals surface area (Å²) in [4.78, 5) is 0. The Morgan fingerprint density at radius 3 is 2.53 bits per heavy atom. The van der Waals surface area contributed by atoms with Crippen LogP contribution in [0.5, 0.6) is 0 Å². The first-order valence-electron chi connectivity index (χ1n) is 12.9. The van der Waals surface area contributed by atoms with Gasteiger partial charge in [0.05, 0.1) is 5.92 Å². The van der Waals surface area contributed by atoms with E-state index in [9.17, 15) is 13.2 Å². The van der Waals surface area contributed by atoms with Crippen LogP contribution in [0.25, 0.3) is 0 Å². The second kappa shape index (κ2) is 10.3. The summed E-state index contributed by atoms with van der Waals surface area (Å²) in [6.07, 6.45) is 14.1. The number of halogens is 4. The topological polar surface area (TPSA) is 0 Å². The quantitative estimate of drug-likeness (QED) is 0.213. The van der Waals surface area contributed by atoms with Gasteiger partial charge in [-0.2, -0.15) is 13.2 Å². The standard InChI is InChI=1S/C28H44F3I/c1-19-16-23(32)18-26(4,17-19)15-13-22-10-7-14-27(5)24(11-12-25(22)27)20(2)8-6-9-21(3)28(29,30)31/h10,13,15,19-21,23-25H,6-9,11-12,14,16-18H2,1-5H3/b15-13-/t19-,20?,21?,23-,24?,25?,26?,27?/m0/s1. The monoisotopic (exact) mass is 564 g/mol. The van der Waals surface area contributed by atoms with Gasteiger partial charge >= 0.3 is 6.18 Å².